The molecule has 0 bridgehead atoms. The number of hydrogen-bond acceptors (Lipinski definition) is 4. The van der Waals surface area contributed by atoms with Crippen molar-refractivity contribution in [1.29, 1.82) is 0 Å². The number of fused-ring (bicyclic) bond motifs is 1. The molecule has 1 aromatic carbocycles. The maximum absolute atomic E-state index is 5.71. The third kappa shape index (κ3) is 2.46. The molecule has 22 heavy (non-hydrogen) atoms. The summed E-state index contributed by atoms with van der Waals surface area (Å²) < 4.78 is 5.71. The Labute approximate surface area is 130 Å². The zero-order valence-electron chi connectivity index (χ0n) is 13.0. The lowest BCUT2D eigenvalue weighted by molar-refractivity contribution is 0.198. The van der Waals surface area contributed by atoms with E-state index in [-0.39, 0.29) is 0 Å². The van der Waals surface area contributed by atoms with Crippen LogP contribution in [-0.4, -0.2) is 47.9 Å². The van der Waals surface area contributed by atoms with E-state index in [1.807, 2.05) is 12.4 Å². The Kier molecular flexibility index (Phi) is 3.50. The Hall–Kier alpha value is -2.01. The first kappa shape index (κ1) is 13.6. The van der Waals surface area contributed by atoms with Crippen molar-refractivity contribution in [3.05, 3.63) is 41.7 Å². The van der Waals surface area contributed by atoms with Crippen LogP contribution in [0.1, 0.15) is 24.1 Å². The molecule has 1 N–H and O–H groups in total. The van der Waals surface area contributed by atoms with E-state index in [0.29, 0.717) is 6.04 Å². The largest absolute Gasteiger partial charge is 0.493 e. The lowest BCUT2D eigenvalue weighted by Crippen LogP contribution is -2.47. The molecule has 4 rings (SSSR count). The van der Waals surface area contributed by atoms with Crippen LogP contribution in [0, 0.1) is 0 Å². The molecule has 5 heteroatoms. The summed E-state index contributed by atoms with van der Waals surface area (Å²) in [6.07, 6.45) is 4.92. The molecule has 2 aliphatic rings. The summed E-state index contributed by atoms with van der Waals surface area (Å²) in [5.41, 5.74) is 3.90. The number of ether oxygens (including phenoxy) is 1. The van der Waals surface area contributed by atoms with Gasteiger partial charge in [-0.15, -0.1) is 0 Å². The summed E-state index contributed by atoms with van der Waals surface area (Å²) >= 11 is 0. The van der Waals surface area contributed by atoms with Crippen molar-refractivity contribution in [3.63, 3.8) is 0 Å². The van der Waals surface area contributed by atoms with Gasteiger partial charge in [-0.25, -0.2) is 0 Å². The maximum atomic E-state index is 5.71. The van der Waals surface area contributed by atoms with Gasteiger partial charge >= 0.3 is 0 Å². The van der Waals surface area contributed by atoms with Gasteiger partial charge in [-0.1, -0.05) is 12.1 Å². The van der Waals surface area contributed by atoms with Gasteiger partial charge in [0.2, 0.25) is 0 Å². The monoisotopic (exact) mass is 298 g/mol. The smallest absolute Gasteiger partial charge is 0.122 e. The van der Waals surface area contributed by atoms with Gasteiger partial charge in [0, 0.05) is 44.8 Å². The summed E-state index contributed by atoms with van der Waals surface area (Å²) in [6, 6.07) is 7.16. The number of aromatic nitrogens is 2. The SMILES string of the molecule is C[C@@H](c1ccc2c(c1)OCC2)N1CCN(c2cn[nH]c2)CC1. The molecule has 1 aromatic heterocycles. The number of rotatable bonds is 3. The van der Waals surface area contributed by atoms with Crippen LogP contribution in [0.3, 0.4) is 0 Å². The van der Waals surface area contributed by atoms with E-state index in [9.17, 15) is 0 Å². The second-order valence-electron chi connectivity index (χ2n) is 6.12. The van der Waals surface area contributed by atoms with Crippen LogP contribution in [-0.2, 0) is 6.42 Å². The van der Waals surface area contributed by atoms with Crippen LogP contribution in [0.5, 0.6) is 5.75 Å². The first-order chi connectivity index (χ1) is 10.8. The highest BCUT2D eigenvalue weighted by molar-refractivity contribution is 5.43. The average molecular weight is 298 g/mol. The average Bonchev–Trinajstić information content (AvgIpc) is 3.25. The minimum Gasteiger partial charge on any atom is -0.493 e. The van der Waals surface area contributed by atoms with Crippen LogP contribution in [0.4, 0.5) is 5.69 Å². The fourth-order valence-electron chi connectivity index (χ4n) is 3.44. The number of benzene rings is 1. The zero-order valence-corrected chi connectivity index (χ0v) is 13.0. The number of anilines is 1. The summed E-state index contributed by atoms with van der Waals surface area (Å²) in [5.74, 6) is 1.08. The Bertz CT molecular complexity index is 632. The van der Waals surface area contributed by atoms with E-state index in [2.05, 4.69) is 45.1 Å². The molecule has 0 aliphatic carbocycles. The number of H-pyrrole nitrogens is 1. The summed E-state index contributed by atoms with van der Waals surface area (Å²) in [4.78, 5) is 4.94. The Morgan fingerprint density at radius 2 is 2.09 bits per heavy atom. The third-order valence-electron chi connectivity index (χ3n) is 4.91. The van der Waals surface area contributed by atoms with Crippen LogP contribution >= 0.6 is 0 Å². The van der Waals surface area contributed by atoms with Crippen LogP contribution < -0.4 is 9.64 Å². The number of hydrogen-bond donors (Lipinski definition) is 1. The molecule has 5 nitrogen and oxygen atoms in total. The molecule has 0 saturated carbocycles. The van der Waals surface area contributed by atoms with E-state index in [4.69, 9.17) is 4.74 Å². The van der Waals surface area contributed by atoms with Gasteiger partial charge in [0.1, 0.15) is 5.75 Å². The molecule has 2 aromatic rings. The normalized spacial score (nSPS) is 19.8. The number of nitrogens with one attached hydrogen (secondary N) is 1. The maximum Gasteiger partial charge on any atom is 0.122 e. The Morgan fingerprint density at radius 1 is 1.23 bits per heavy atom. The second kappa shape index (κ2) is 5.65. The first-order valence-electron chi connectivity index (χ1n) is 8.04. The van der Waals surface area contributed by atoms with Crippen molar-refractivity contribution in [2.45, 2.75) is 19.4 Å². The van der Waals surface area contributed by atoms with Gasteiger partial charge in [0.15, 0.2) is 0 Å². The molecule has 2 aliphatic heterocycles. The van der Waals surface area contributed by atoms with Crippen molar-refractivity contribution in [2.75, 3.05) is 37.7 Å². The third-order valence-corrected chi connectivity index (χ3v) is 4.91. The minimum absolute atomic E-state index is 0.431. The molecule has 0 amide bonds. The molecular formula is C17H22N4O. The highest BCUT2D eigenvalue weighted by Gasteiger charge is 2.23. The quantitative estimate of drug-likeness (QED) is 0.944. The lowest BCUT2D eigenvalue weighted by atomic mass is 10.0. The molecule has 1 atom stereocenters. The van der Waals surface area contributed by atoms with Crippen LogP contribution in [0.15, 0.2) is 30.6 Å². The van der Waals surface area contributed by atoms with Crippen LogP contribution in [0.2, 0.25) is 0 Å². The molecule has 1 fully saturated rings. The molecule has 116 valence electrons. The van der Waals surface area contributed by atoms with Crippen molar-refractivity contribution < 1.29 is 4.74 Å². The van der Waals surface area contributed by atoms with E-state index >= 15 is 0 Å². The zero-order chi connectivity index (χ0) is 14.9. The predicted molar refractivity (Wildman–Crippen MR) is 86.4 cm³/mol. The summed E-state index contributed by atoms with van der Waals surface area (Å²) in [5, 5.41) is 6.93. The van der Waals surface area contributed by atoms with Gasteiger partial charge in [-0.2, -0.15) is 5.10 Å². The molecule has 3 heterocycles. The fourth-order valence-corrected chi connectivity index (χ4v) is 3.44. The minimum atomic E-state index is 0.431. The summed E-state index contributed by atoms with van der Waals surface area (Å²) in [6.45, 7) is 7.37. The number of piperazine rings is 1. The number of aromatic amines is 1. The van der Waals surface area contributed by atoms with E-state index < -0.39 is 0 Å². The topological polar surface area (TPSA) is 44.4 Å². The van der Waals surface area contributed by atoms with Gasteiger partial charge in [-0.3, -0.25) is 10.00 Å². The first-order valence-corrected chi connectivity index (χ1v) is 8.04. The van der Waals surface area contributed by atoms with Gasteiger partial charge in [0.05, 0.1) is 18.5 Å². The van der Waals surface area contributed by atoms with Crippen molar-refractivity contribution in [1.82, 2.24) is 15.1 Å². The van der Waals surface area contributed by atoms with Crippen molar-refractivity contribution in [3.8, 4) is 5.75 Å². The van der Waals surface area contributed by atoms with Crippen LogP contribution in [0.25, 0.3) is 0 Å². The van der Waals surface area contributed by atoms with Crippen molar-refractivity contribution >= 4 is 5.69 Å². The van der Waals surface area contributed by atoms with Gasteiger partial charge in [0.25, 0.3) is 0 Å². The molecule has 0 spiro atoms. The van der Waals surface area contributed by atoms with Gasteiger partial charge in [-0.05, 0) is 24.1 Å². The van der Waals surface area contributed by atoms with E-state index in [1.165, 1.54) is 16.8 Å². The molecule has 0 unspecified atom stereocenters. The Morgan fingerprint density at radius 3 is 2.86 bits per heavy atom. The fraction of sp³-hybridized carbons (Fsp3) is 0.471. The molecular weight excluding hydrogens is 276 g/mol. The van der Waals surface area contributed by atoms with E-state index in [0.717, 1.165) is 45.0 Å². The highest BCUT2D eigenvalue weighted by atomic mass is 16.5. The second-order valence-corrected chi connectivity index (χ2v) is 6.12. The highest BCUT2D eigenvalue weighted by Crippen LogP contribution is 2.31. The van der Waals surface area contributed by atoms with E-state index in [1.54, 1.807) is 0 Å². The molecule has 1 saturated heterocycles. The summed E-state index contributed by atoms with van der Waals surface area (Å²) in [7, 11) is 0. The van der Waals surface area contributed by atoms with Gasteiger partial charge < -0.3 is 9.64 Å². The number of nitrogens with zero attached hydrogens (tertiary/aromatic N) is 3. The standard InChI is InChI=1S/C17H22N4O/c1-13(15-3-2-14-4-9-22-17(14)10-15)20-5-7-21(8-6-20)16-11-18-19-12-16/h2-3,10-13H,4-9H2,1H3,(H,18,19)/t13-/m0/s1. The molecule has 0 radical (unpaired) electrons. The predicted octanol–water partition coefficient (Wildman–Crippen LogP) is 2.23. The lowest BCUT2D eigenvalue weighted by Gasteiger charge is -2.38. The van der Waals surface area contributed by atoms with Crippen molar-refractivity contribution in [2.24, 2.45) is 0 Å². The Balaban J connectivity index is 1.42.